The fourth-order valence-electron chi connectivity index (χ4n) is 7.05. The molecule has 0 amide bonds. The average molecular weight is 551 g/mol. The molecule has 0 unspecified atom stereocenters. The predicted molar refractivity (Wildman–Crippen MR) is 177 cm³/mol. The Bertz CT molecular complexity index is 2680. The van der Waals surface area contributed by atoms with Crippen molar-refractivity contribution in [2.24, 2.45) is 0 Å². The van der Waals surface area contributed by atoms with Gasteiger partial charge in [-0.2, -0.15) is 0 Å². The van der Waals surface area contributed by atoms with Crippen LogP contribution in [0.3, 0.4) is 0 Å². The second-order valence-electron chi connectivity index (χ2n) is 11.2. The van der Waals surface area contributed by atoms with Crippen LogP contribution in [-0.4, -0.2) is 0 Å². The highest BCUT2D eigenvalue weighted by molar-refractivity contribution is 6.25. The maximum Gasteiger partial charge on any atom is 0.136 e. The van der Waals surface area contributed by atoms with Gasteiger partial charge in [-0.05, 0) is 69.1 Å². The predicted octanol–water partition coefficient (Wildman–Crippen LogP) is 11.9. The molecule has 3 heterocycles. The third-order valence-electron chi connectivity index (χ3n) is 8.87. The molecule has 43 heavy (non-hydrogen) atoms. The molecule has 0 spiro atoms. The molecule has 0 N–H and O–H groups in total. The summed E-state index contributed by atoms with van der Waals surface area (Å²) in [4.78, 5) is 0. The lowest BCUT2D eigenvalue weighted by Crippen LogP contribution is -1.90. The maximum absolute atomic E-state index is 6.70. The van der Waals surface area contributed by atoms with Crippen LogP contribution < -0.4 is 0 Å². The summed E-state index contributed by atoms with van der Waals surface area (Å²) in [5.74, 6) is 0.845. The molecule has 0 aliphatic rings. The van der Waals surface area contributed by atoms with E-state index in [1.165, 1.54) is 21.9 Å². The first kappa shape index (κ1) is 22.8. The standard InChI is InChI=1S/C40H22O3/c1-3-13-27-25(11-1)38(30-16-9-19-34-40(30)29-15-6-8-18-33(29)41-34)26-12-2-4-14-28(26)39(27)37-21-23-20-36-31(22-35(23)43-37)24-10-5-7-17-32(24)42-36/h1-22H. The highest BCUT2D eigenvalue weighted by atomic mass is 16.3. The van der Waals surface area contributed by atoms with Crippen molar-refractivity contribution >= 4 is 76.4 Å². The second-order valence-corrected chi connectivity index (χ2v) is 11.2. The lowest BCUT2D eigenvalue weighted by Gasteiger charge is -2.17. The second kappa shape index (κ2) is 8.37. The number of fused-ring (bicyclic) bond motifs is 9. The maximum atomic E-state index is 6.70. The van der Waals surface area contributed by atoms with Gasteiger partial charge in [0.2, 0.25) is 0 Å². The Kier molecular flexibility index (Phi) is 4.45. The largest absolute Gasteiger partial charge is 0.456 e. The topological polar surface area (TPSA) is 39.4 Å². The van der Waals surface area contributed by atoms with Gasteiger partial charge in [0.1, 0.15) is 33.7 Å². The molecule has 0 radical (unpaired) electrons. The number of hydrogen-bond acceptors (Lipinski definition) is 3. The number of furan rings is 3. The Morgan fingerprint density at radius 3 is 1.60 bits per heavy atom. The van der Waals surface area contributed by atoms with Gasteiger partial charge in [0, 0.05) is 32.5 Å². The van der Waals surface area contributed by atoms with Crippen LogP contribution in [0, 0.1) is 0 Å². The summed E-state index contributed by atoms with van der Waals surface area (Å²) in [6, 6.07) is 46.5. The molecule has 3 nitrogen and oxygen atoms in total. The van der Waals surface area contributed by atoms with E-state index in [2.05, 4.69) is 103 Å². The van der Waals surface area contributed by atoms with Crippen molar-refractivity contribution in [2.45, 2.75) is 0 Å². The first-order valence-electron chi connectivity index (χ1n) is 14.5. The van der Waals surface area contributed by atoms with Crippen LogP contribution in [0.1, 0.15) is 0 Å². The molecule has 200 valence electrons. The minimum absolute atomic E-state index is 0.845. The van der Waals surface area contributed by atoms with E-state index >= 15 is 0 Å². The van der Waals surface area contributed by atoms with Crippen LogP contribution in [-0.2, 0) is 0 Å². The van der Waals surface area contributed by atoms with E-state index in [0.29, 0.717) is 0 Å². The monoisotopic (exact) mass is 550 g/mol. The lowest BCUT2D eigenvalue weighted by molar-refractivity contribution is 0.633. The molecule has 0 aliphatic heterocycles. The minimum Gasteiger partial charge on any atom is -0.456 e. The number of hydrogen-bond donors (Lipinski definition) is 0. The van der Waals surface area contributed by atoms with Crippen molar-refractivity contribution in [1.29, 1.82) is 0 Å². The third kappa shape index (κ3) is 3.14. The Morgan fingerprint density at radius 2 is 0.884 bits per heavy atom. The molecule has 0 fully saturated rings. The van der Waals surface area contributed by atoms with Crippen LogP contribution in [0.5, 0.6) is 0 Å². The summed E-state index contributed by atoms with van der Waals surface area (Å²) in [6.07, 6.45) is 0. The molecule has 0 saturated heterocycles. The lowest BCUT2D eigenvalue weighted by atomic mass is 9.86. The Morgan fingerprint density at radius 1 is 0.326 bits per heavy atom. The zero-order valence-corrected chi connectivity index (χ0v) is 22.9. The Labute approximate surface area is 245 Å². The summed E-state index contributed by atoms with van der Waals surface area (Å²) in [5.41, 5.74) is 7.86. The SMILES string of the molecule is c1ccc2c(c1)oc1cc3cc(-c4c5ccccc5c(-c5cccc6oc7ccccc7c56)c5ccccc45)oc3cc12. The Balaban J connectivity index is 1.30. The van der Waals surface area contributed by atoms with Gasteiger partial charge in [0.15, 0.2) is 0 Å². The van der Waals surface area contributed by atoms with E-state index in [1.807, 2.05) is 30.3 Å². The van der Waals surface area contributed by atoms with Crippen LogP contribution in [0.4, 0.5) is 0 Å². The van der Waals surface area contributed by atoms with Crippen molar-refractivity contribution < 1.29 is 13.3 Å². The fourth-order valence-corrected chi connectivity index (χ4v) is 7.05. The van der Waals surface area contributed by atoms with E-state index < -0.39 is 0 Å². The first-order valence-corrected chi connectivity index (χ1v) is 14.5. The van der Waals surface area contributed by atoms with Crippen molar-refractivity contribution in [3.05, 3.63) is 133 Å². The zero-order chi connectivity index (χ0) is 28.1. The smallest absolute Gasteiger partial charge is 0.136 e. The van der Waals surface area contributed by atoms with Crippen molar-refractivity contribution in [2.75, 3.05) is 0 Å². The van der Waals surface area contributed by atoms with Gasteiger partial charge >= 0.3 is 0 Å². The van der Waals surface area contributed by atoms with Crippen molar-refractivity contribution in [3.8, 4) is 22.5 Å². The molecule has 0 bridgehead atoms. The molecule has 7 aromatic carbocycles. The number of rotatable bonds is 2. The minimum atomic E-state index is 0.845. The highest BCUT2D eigenvalue weighted by Gasteiger charge is 2.22. The van der Waals surface area contributed by atoms with E-state index in [0.717, 1.165) is 76.9 Å². The summed E-state index contributed by atoms with van der Waals surface area (Å²) >= 11 is 0. The molecule has 3 aromatic heterocycles. The zero-order valence-electron chi connectivity index (χ0n) is 22.9. The van der Waals surface area contributed by atoms with Crippen LogP contribution in [0.2, 0.25) is 0 Å². The molecule has 3 heteroatoms. The summed E-state index contributed by atoms with van der Waals surface area (Å²) in [7, 11) is 0. The summed E-state index contributed by atoms with van der Waals surface area (Å²) < 4.78 is 19.2. The third-order valence-corrected chi connectivity index (χ3v) is 8.87. The first-order chi connectivity index (χ1) is 21.3. The highest BCUT2D eigenvalue weighted by Crippen LogP contribution is 2.47. The van der Waals surface area contributed by atoms with Crippen molar-refractivity contribution in [1.82, 2.24) is 0 Å². The van der Waals surface area contributed by atoms with Gasteiger partial charge in [-0.25, -0.2) is 0 Å². The molecule has 0 aliphatic carbocycles. The van der Waals surface area contributed by atoms with Crippen LogP contribution in [0.15, 0.2) is 147 Å². The van der Waals surface area contributed by atoms with Gasteiger partial charge in [-0.1, -0.05) is 97.1 Å². The van der Waals surface area contributed by atoms with Gasteiger partial charge < -0.3 is 13.3 Å². The van der Waals surface area contributed by atoms with Gasteiger partial charge in [-0.3, -0.25) is 0 Å². The quantitative estimate of drug-likeness (QED) is 0.201. The van der Waals surface area contributed by atoms with E-state index in [1.54, 1.807) is 0 Å². The summed E-state index contributed by atoms with van der Waals surface area (Å²) in [5, 5.41) is 10.1. The van der Waals surface area contributed by atoms with Crippen LogP contribution in [0.25, 0.3) is 98.8 Å². The molecule has 10 rings (SSSR count). The molecule has 10 aromatic rings. The van der Waals surface area contributed by atoms with E-state index in [4.69, 9.17) is 13.3 Å². The van der Waals surface area contributed by atoms with Gasteiger partial charge in [0.05, 0.1) is 0 Å². The molecule has 0 atom stereocenters. The van der Waals surface area contributed by atoms with Gasteiger partial charge in [0.25, 0.3) is 0 Å². The van der Waals surface area contributed by atoms with Crippen LogP contribution >= 0.6 is 0 Å². The van der Waals surface area contributed by atoms with E-state index in [-0.39, 0.29) is 0 Å². The normalized spacial score (nSPS) is 12.2. The van der Waals surface area contributed by atoms with E-state index in [9.17, 15) is 0 Å². The molecular formula is C40H22O3. The average Bonchev–Trinajstić information content (AvgIpc) is 3.75. The number of benzene rings is 7. The van der Waals surface area contributed by atoms with Gasteiger partial charge in [-0.15, -0.1) is 0 Å². The fraction of sp³-hybridized carbons (Fsp3) is 0. The van der Waals surface area contributed by atoms with Crippen molar-refractivity contribution in [3.63, 3.8) is 0 Å². The summed E-state index contributed by atoms with van der Waals surface area (Å²) in [6.45, 7) is 0. The Hall–Kier alpha value is -5.80. The molecule has 0 saturated carbocycles. The number of para-hydroxylation sites is 2. The molecular weight excluding hydrogens is 528 g/mol.